The summed E-state index contributed by atoms with van der Waals surface area (Å²) in [6.45, 7) is 10.5. The second-order valence-electron chi connectivity index (χ2n) is 12.4. The van der Waals surface area contributed by atoms with Gasteiger partial charge < -0.3 is 15.3 Å². The number of fused-ring (bicyclic) bond motifs is 7. The van der Waals surface area contributed by atoms with Crippen molar-refractivity contribution in [2.45, 2.75) is 90.6 Å². The highest BCUT2D eigenvalue weighted by molar-refractivity contribution is 5.86. The highest BCUT2D eigenvalue weighted by Crippen LogP contribution is 2.37. The van der Waals surface area contributed by atoms with E-state index in [1.54, 1.807) is 12.4 Å². The summed E-state index contributed by atoms with van der Waals surface area (Å²) in [5.74, 6) is 0.601. The fourth-order valence-corrected chi connectivity index (χ4v) is 5.90. The van der Waals surface area contributed by atoms with E-state index >= 15 is 0 Å². The molecule has 1 aliphatic carbocycles. The van der Waals surface area contributed by atoms with Crippen LogP contribution in [0.5, 0.6) is 17.2 Å². The molecular formula is C34H40N2O3. The number of aryl methyl sites for hydroxylation is 2. The van der Waals surface area contributed by atoms with Crippen LogP contribution in [0.15, 0.2) is 46.4 Å². The zero-order chi connectivity index (χ0) is 27.9. The van der Waals surface area contributed by atoms with Crippen LogP contribution in [0, 0.1) is 13.8 Å². The van der Waals surface area contributed by atoms with Gasteiger partial charge >= 0.3 is 0 Å². The lowest BCUT2D eigenvalue weighted by molar-refractivity contribution is 0.390. The summed E-state index contributed by atoms with van der Waals surface area (Å²) < 4.78 is 0. The number of rotatable bonds is 0. The van der Waals surface area contributed by atoms with E-state index in [-0.39, 0.29) is 34.7 Å². The van der Waals surface area contributed by atoms with Gasteiger partial charge in [-0.1, -0.05) is 57.9 Å². The Bertz CT molecular complexity index is 1360. The summed E-state index contributed by atoms with van der Waals surface area (Å²) in [6, 6.07) is 12.0. The maximum Gasteiger partial charge on any atom is 0.127 e. The first-order valence-electron chi connectivity index (χ1n) is 14.1. The van der Waals surface area contributed by atoms with Gasteiger partial charge in [0.1, 0.15) is 17.2 Å². The molecule has 5 nitrogen and oxygen atoms in total. The van der Waals surface area contributed by atoms with E-state index in [1.165, 1.54) is 0 Å². The lowest BCUT2D eigenvalue weighted by Gasteiger charge is -2.25. The first-order chi connectivity index (χ1) is 18.5. The quantitative estimate of drug-likeness (QED) is 0.294. The monoisotopic (exact) mass is 524 g/mol. The van der Waals surface area contributed by atoms with Crippen molar-refractivity contribution < 1.29 is 15.3 Å². The van der Waals surface area contributed by atoms with Gasteiger partial charge in [-0.3, -0.25) is 9.98 Å². The minimum atomic E-state index is -0.148. The first-order valence-corrected chi connectivity index (χ1v) is 14.1. The Morgan fingerprint density at radius 2 is 1.03 bits per heavy atom. The van der Waals surface area contributed by atoms with Gasteiger partial charge in [-0.2, -0.15) is 0 Å². The third-order valence-corrected chi connectivity index (χ3v) is 8.13. The summed E-state index contributed by atoms with van der Waals surface area (Å²) in [6.07, 6.45) is 8.45. The van der Waals surface area contributed by atoms with Crippen molar-refractivity contribution in [3.63, 3.8) is 0 Å². The van der Waals surface area contributed by atoms with Crippen LogP contribution in [0.25, 0.3) is 0 Å². The Morgan fingerprint density at radius 3 is 1.44 bits per heavy atom. The van der Waals surface area contributed by atoms with E-state index in [4.69, 9.17) is 9.98 Å². The molecule has 3 aromatic rings. The maximum atomic E-state index is 11.5. The van der Waals surface area contributed by atoms with E-state index < -0.39 is 0 Å². The molecule has 0 unspecified atom stereocenters. The van der Waals surface area contributed by atoms with Crippen LogP contribution >= 0.6 is 0 Å². The SMILES string of the molecule is Cc1cc2c(O)c(c1)Cc1cc(C(C)(C)C)cc(c1O)Cc1cc(C)cc(c1O)C=N[C@@H]1CCCC[C@H]1N=C2. The van der Waals surface area contributed by atoms with Crippen molar-refractivity contribution in [2.24, 2.45) is 9.98 Å². The van der Waals surface area contributed by atoms with Crippen LogP contribution in [-0.2, 0) is 18.3 Å². The van der Waals surface area contributed by atoms with Crippen molar-refractivity contribution in [3.05, 3.63) is 86.5 Å². The molecule has 5 rings (SSSR count). The molecule has 0 saturated heterocycles. The van der Waals surface area contributed by atoms with Crippen molar-refractivity contribution in [2.75, 3.05) is 0 Å². The van der Waals surface area contributed by atoms with Crippen LogP contribution in [0.4, 0.5) is 0 Å². The third-order valence-electron chi connectivity index (χ3n) is 8.13. The van der Waals surface area contributed by atoms with Gasteiger partial charge in [0.05, 0.1) is 12.1 Å². The molecule has 0 radical (unpaired) electrons. The molecule has 0 amide bonds. The minimum absolute atomic E-state index is 0.0221. The predicted octanol–water partition coefficient (Wildman–Crippen LogP) is 7.06. The van der Waals surface area contributed by atoms with E-state index in [0.717, 1.165) is 64.6 Å². The largest absolute Gasteiger partial charge is 0.507 e. The Balaban J connectivity index is 1.73. The fraction of sp³-hybridized carbons (Fsp3) is 0.412. The molecule has 204 valence electrons. The van der Waals surface area contributed by atoms with Crippen LogP contribution in [0.1, 0.15) is 96.5 Å². The van der Waals surface area contributed by atoms with E-state index in [1.807, 2.05) is 50.2 Å². The molecule has 0 spiro atoms. The number of phenols is 3. The number of benzene rings is 3. The summed E-state index contributed by atoms with van der Waals surface area (Å²) in [5, 5.41) is 34.1. The summed E-state index contributed by atoms with van der Waals surface area (Å²) in [7, 11) is 0. The number of hydrogen-bond acceptors (Lipinski definition) is 5. The Labute approximate surface area is 232 Å². The van der Waals surface area contributed by atoms with Crippen LogP contribution in [-0.4, -0.2) is 39.8 Å². The smallest absolute Gasteiger partial charge is 0.127 e. The molecule has 2 aliphatic rings. The molecule has 0 aromatic heterocycles. The van der Waals surface area contributed by atoms with Gasteiger partial charge in [-0.15, -0.1) is 0 Å². The summed E-state index contributed by atoms with van der Waals surface area (Å²) >= 11 is 0. The van der Waals surface area contributed by atoms with Crippen LogP contribution < -0.4 is 0 Å². The highest BCUT2D eigenvalue weighted by atomic mass is 16.3. The van der Waals surface area contributed by atoms with Crippen molar-refractivity contribution in [1.29, 1.82) is 0 Å². The average Bonchev–Trinajstić information content (AvgIpc) is 2.87. The molecule has 39 heavy (non-hydrogen) atoms. The molecule has 1 saturated carbocycles. The van der Waals surface area contributed by atoms with Gasteiger partial charge in [-0.25, -0.2) is 0 Å². The van der Waals surface area contributed by atoms with Gasteiger partial charge in [-0.05, 0) is 83.2 Å². The molecule has 1 heterocycles. The van der Waals surface area contributed by atoms with E-state index in [2.05, 4.69) is 20.8 Å². The number of nitrogens with zero attached hydrogens (tertiary/aromatic N) is 2. The minimum Gasteiger partial charge on any atom is -0.507 e. The molecular weight excluding hydrogens is 484 g/mol. The summed E-state index contributed by atoms with van der Waals surface area (Å²) in [4.78, 5) is 9.84. The lowest BCUT2D eigenvalue weighted by Crippen LogP contribution is -2.27. The Hall–Kier alpha value is -3.60. The van der Waals surface area contributed by atoms with Crippen molar-refractivity contribution in [3.8, 4) is 17.2 Å². The van der Waals surface area contributed by atoms with Crippen LogP contribution in [0.3, 0.4) is 0 Å². The Morgan fingerprint density at radius 1 is 0.615 bits per heavy atom. The van der Waals surface area contributed by atoms with Crippen molar-refractivity contribution >= 4 is 12.4 Å². The maximum absolute atomic E-state index is 11.5. The van der Waals surface area contributed by atoms with Gasteiger partial charge in [0.15, 0.2) is 0 Å². The van der Waals surface area contributed by atoms with Gasteiger partial charge in [0.25, 0.3) is 0 Å². The van der Waals surface area contributed by atoms with E-state index in [9.17, 15) is 15.3 Å². The van der Waals surface area contributed by atoms with Gasteiger partial charge in [0, 0.05) is 36.4 Å². The molecule has 3 aromatic carbocycles. The molecule has 1 fully saturated rings. The highest BCUT2D eigenvalue weighted by Gasteiger charge is 2.25. The second kappa shape index (κ2) is 10.5. The first kappa shape index (κ1) is 27.0. The molecule has 3 N–H and O–H groups in total. The fourth-order valence-electron chi connectivity index (χ4n) is 5.90. The average molecular weight is 525 g/mol. The van der Waals surface area contributed by atoms with Gasteiger partial charge in [0.2, 0.25) is 0 Å². The number of phenolic OH excluding ortho intramolecular Hbond substituents is 3. The second-order valence-corrected chi connectivity index (χ2v) is 12.4. The van der Waals surface area contributed by atoms with Crippen LogP contribution in [0.2, 0.25) is 0 Å². The number of aliphatic imine (C=N–C) groups is 2. The zero-order valence-electron chi connectivity index (χ0n) is 23.8. The normalized spacial score (nSPS) is 19.4. The predicted molar refractivity (Wildman–Crippen MR) is 159 cm³/mol. The zero-order valence-corrected chi connectivity index (χ0v) is 23.8. The summed E-state index contributed by atoms with van der Waals surface area (Å²) in [5.41, 5.74) is 7.41. The van der Waals surface area contributed by atoms with E-state index in [0.29, 0.717) is 24.0 Å². The molecule has 6 bridgehead atoms. The molecule has 1 aliphatic heterocycles. The third kappa shape index (κ3) is 5.73. The molecule has 5 heteroatoms. The number of aromatic hydroxyl groups is 3. The van der Waals surface area contributed by atoms with Crippen molar-refractivity contribution in [1.82, 2.24) is 0 Å². The number of hydrogen-bond donors (Lipinski definition) is 3. The topological polar surface area (TPSA) is 85.4 Å². The lowest BCUT2D eigenvalue weighted by atomic mass is 9.82. The molecule has 2 atom stereocenters. The standard InChI is InChI=1S/C34H40N2O3/c1-20-10-22-14-24-16-28(34(3,4)5)17-25(31(24)37)15-23-11-21(2)13-27(33(23)39)19-36-30-9-7-6-8-29(30)35-18-26(12-20)32(22)38/h10-13,16-19,29-30,37-39H,6-9,14-15H2,1-5H3/t29-,30-/m1/s1. The Kier molecular flexibility index (Phi) is 7.28.